The van der Waals surface area contributed by atoms with Crippen LogP contribution in [0.3, 0.4) is 0 Å². The minimum atomic E-state index is -0.643. The van der Waals surface area contributed by atoms with Gasteiger partial charge in [-0.3, -0.25) is 4.79 Å². The van der Waals surface area contributed by atoms with E-state index in [9.17, 15) is 9.59 Å². The summed E-state index contributed by atoms with van der Waals surface area (Å²) >= 11 is 16.4. The molecule has 0 radical (unpaired) electrons. The molecule has 3 amide bonds. The van der Waals surface area contributed by atoms with Crippen molar-refractivity contribution in [1.29, 1.82) is 0 Å². The molecule has 1 fully saturated rings. The maximum atomic E-state index is 13.5. The molecule has 3 rings (SSSR count). The van der Waals surface area contributed by atoms with E-state index < -0.39 is 6.04 Å². The van der Waals surface area contributed by atoms with Gasteiger partial charge in [0.1, 0.15) is 0 Å². The highest BCUT2D eigenvalue weighted by molar-refractivity contribution is 7.80. The van der Waals surface area contributed by atoms with E-state index in [1.165, 1.54) is 0 Å². The molecule has 0 spiro atoms. The van der Waals surface area contributed by atoms with Gasteiger partial charge in [-0.25, -0.2) is 4.79 Å². The third kappa shape index (κ3) is 6.32. The number of urea groups is 1. The van der Waals surface area contributed by atoms with Gasteiger partial charge in [-0.05, 0) is 41.8 Å². The lowest BCUT2D eigenvalue weighted by Gasteiger charge is -2.30. The van der Waals surface area contributed by atoms with E-state index in [1.54, 1.807) is 21.7 Å². The lowest BCUT2D eigenvalue weighted by molar-refractivity contribution is -0.132. The van der Waals surface area contributed by atoms with Crippen molar-refractivity contribution in [2.24, 2.45) is 5.73 Å². The first kappa shape index (κ1) is 24.7. The van der Waals surface area contributed by atoms with Crippen molar-refractivity contribution in [2.45, 2.75) is 31.6 Å². The summed E-state index contributed by atoms with van der Waals surface area (Å²) in [4.78, 5) is 31.1. The molecule has 0 saturated carbocycles. The van der Waals surface area contributed by atoms with Crippen molar-refractivity contribution in [1.82, 2.24) is 14.7 Å². The number of halogens is 2. The van der Waals surface area contributed by atoms with Crippen LogP contribution in [-0.2, 0) is 17.9 Å². The van der Waals surface area contributed by atoms with Crippen molar-refractivity contribution in [3.05, 3.63) is 69.7 Å². The number of amides is 3. The van der Waals surface area contributed by atoms with Gasteiger partial charge in [0, 0.05) is 49.0 Å². The predicted octanol–water partition coefficient (Wildman–Crippen LogP) is 3.91. The largest absolute Gasteiger partial charge is 0.340 e. The summed E-state index contributed by atoms with van der Waals surface area (Å²) in [5, 5.41) is 1.25. The van der Waals surface area contributed by atoms with E-state index in [0.717, 1.165) is 11.1 Å². The average molecular weight is 495 g/mol. The lowest BCUT2D eigenvalue weighted by Crippen LogP contribution is -2.49. The van der Waals surface area contributed by atoms with Crippen LogP contribution in [0.5, 0.6) is 0 Å². The van der Waals surface area contributed by atoms with Gasteiger partial charge in [-0.1, -0.05) is 47.5 Å². The Balaban J connectivity index is 1.75. The Morgan fingerprint density at radius 2 is 1.69 bits per heavy atom. The summed E-state index contributed by atoms with van der Waals surface area (Å²) in [6, 6.07) is 14.2. The van der Waals surface area contributed by atoms with Crippen LogP contribution in [0.1, 0.15) is 17.5 Å². The second kappa shape index (κ2) is 11.3. The molecule has 2 N–H and O–H groups in total. The number of thiol groups is 1. The van der Waals surface area contributed by atoms with Crippen LogP contribution < -0.4 is 5.73 Å². The maximum absolute atomic E-state index is 13.5. The highest BCUT2D eigenvalue weighted by Gasteiger charge is 2.34. The van der Waals surface area contributed by atoms with E-state index in [-0.39, 0.29) is 23.7 Å². The first-order chi connectivity index (χ1) is 15.3. The SMILES string of the molecule is CN(C(=O)[C@@H](N)CS)C1CCN(C(=O)N(Cc2cccc(Cl)c2)Cc2cccc(Cl)c2)C1. The zero-order chi connectivity index (χ0) is 23.3. The molecule has 0 aromatic heterocycles. The molecule has 2 aromatic rings. The molecule has 1 unspecified atom stereocenters. The Bertz CT molecular complexity index is 914. The zero-order valence-corrected chi connectivity index (χ0v) is 20.4. The Morgan fingerprint density at radius 1 is 1.12 bits per heavy atom. The van der Waals surface area contributed by atoms with Crippen LogP contribution in [0.4, 0.5) is 4.79 Å². The van der Waals surface area contributed by atoms with Gasteiger partial charge >= 0.3 is 6.03 Å². The quantitative estimate of drug-likeness (QED) is 0.573. The molecule has 6 nitrogen and oxygen atoms in total. The molecule has 172 valence electrons. The second-order valence-electron chi connectivity index (χ2n) is 8.03. The van der Waals surface area contributed by atoms with Gasteiger partial charge in [0.05, 0.1) is 12.1 Å². The van der Waals surface area contributed by atoms with Crippen LogP contribution in [0, 0.1) is 0 Å². The number of rotatable bonds is 7. The number of carbonyl (C=O) groups is 2. The molecule has 1 heterocycles. The van der Waals surface area contributed by atoms with Gasteiger partial charge < -0.3 is 20.4 Å². The van der Waals surface area contributed by atoms with E-state index in [0.29, 0.717) is 42.6 Å². The summed E-state index contributed by atoms with van der Waals surface area (Å²) in [5.41, 5.74) is 7.73. The van der Waals surface area contributed by atoms with Gasteiger partial charge in [-0.2, -0.15) is 12.6 Å². The van der Waals surface area contributed by atoms with Crippen LogP contribution in [0.25, 0.3) is 0 Å². The molecule has 2 aromatic carbocycles. The summed E-state index contributed by atoms with van der Waals surface area (Å²) in [6.07, 6.45) is 0.704. The first-order valence-electron chi connectivity index (χ1n) is 10.4. The minimum absolute atomic E-state index is 0.0726. The number of hydrogen-bond donors (Lipinski definition) is 2. The highest BCUT2D eigenvalue weighted by Crippen LogP contribution is 2.21. The second-order valence-corrected chi connectivity index (χ2v) is 9.26. The summed E-state index contributed by atoms with van der Waals surface area (Å²) in [5.74, 6) is 0.125. The van der Waals surface area contributed by atoms with Crippen LogP contribution in [-0.4, -0.2) is 64.6 Å². The standard InChI is InChI=1S/C23H28Cl2N4O2S/c1-27(22(30)21(26)15-32)20-8-9-28(14-20)23(31)29(12-16-4-2-6-18(24)10-16)13-17-5-3-7-19(25)11-17/h2-7,10-11,20-21,32H,8-9,12-15,26H2,1H3/t20?,21-/m0/s1. The number of nitrogens with two attached hydrogens (primary N) is 1. The fraction of sp³-hybridized carbons (Fsp3) is 0.391. The zero-order valence-electron chi connectivity index (χ0n) is 18.0. The number of carbonyl (C=O) groups excluding carboxylic acids is 2. The van der Waals surface area contributed by atoms with Crippen molar-refractivity contribution in [3.8, 4) is 0 Å². The molecule has 32 heavy (non-hydrogen) atoms. The molecule has 9 heteroatoms. The smallest absolute Gasteiger partial charge is 0.320 e. The Labute approximate surface area is 204 Å². The Hall–Kier alpha value is -1.93. The van der Waals surface area contributed by atoms with Gasteiger partial charge in [0.2, 0.25) is 5.91 Å². The molecular formula is C23H28Cl2N4O2S. The number of likely N-dealkylation sites (N-methyl/N-ethyl adjacent to an activating group) is 1. The van der Waals surface area contributed by atoms with Crippen LogP contribution in [0.2, 0.25) is 10.0 Å². The molecule has 1 saturated heterocycles. The number of benzene rings is 2. The lowest BCUT2D eigenvalue weighted by atomic mass is 10.1. The Kier molecular flexibility index (Phi) is 8.71. The van der Waals surface area contributed by atoms with Crippen molar-refractivity contribution in [3.63, 3.8) is 0 Å². The minimum Gasteiger partial charge on any atom is -0.340 e. The third-order valence-electron chi connectivity index (χ3n) is 5.64. The average Bonchev–Trinajstić information content (AvgIpc) is 3.27. The van der Waals surface area contributed by atoms with E-state index in [1.807, 2.05) is 48.5 Å². The summed E-state index contributed by atoms with van der Waals surface area (Å²) in [7, 11) is 1.74. The molecule has 0 bridgehead atoms. The van der Waals surface area contributed by atoms with Gasteiger partial charge in [-0.15, -0.1) is 0 Å². The fourth-order valence-electron chi connectivity index (χ4n) is 3.85. The van der Waals surface area contributed by atoms with E-state index >= 15 is 0 Å². The normalized spacial score (nSPS) is 16.7. The number of likely N-dealkylation sites (tertiary alicyclic amines) is 1. The number of nitrogens with zero attached hydrogens (tertiary/aromatic N) is 3. The van der Waals surface area contributed by atoms with Crippen molar-refractivity contribution >= 4 is 47.8 Å². The topological polar surface area (TPSA) is 69.9 Å². The molecule has 1 aliphatic rings. The third-order valence-corrected chi connectivity index (χ3v) is 6.50. The first-order valence-corrected chi connectivity index (χ1v) is 11.8. The molecular weight excluding hydrogens is 467 g/mol. The van der Waals surface area contributed by atoms with E-state index in [2.05, 4.69) is 12.6 Å². The predicted molar refractivity (Wildman–Crippen MR) is 132 cm³/mol. The molecule has 0 aliphatic carbocycles. The molecule has 2 atom stereocenters. The highest BCUT2D eigenvalue weighted by atomic mass is 35.5. The van der Waals surface area contributed by atoms with Gasteiger partial charge in [0.15, 0.2) is 0 Å². The number of hydrogen-bond acceptors (Lipinski definition) is 4. The van der Waals surface area contributed by atoms with Gasteiger partial charge in [0.25, 0.3) is 0 Å². The molecule has 1 aliphatic heterocycles. The van der Waals surface area contributed by atoms with Crippen molar-refractivity contribution < 1.29 is 9.59 Å². The Morgan fingerprint density at radius 3 is 2.19 bits per heavy atom. The van der Waals surface area contributed by atoms with E-state index in [4.69, 9.17) is 28.9 Å². The summed E-state index contributed by atoms with van der Waals surface area (Å²) in [6.45, 7) is 1.85. The maximum Gasteiger partial charge on any atom is 0.320 e. The summed E-state index contributed by atoms with van der Waals surface area (Å²) < 4.78 is 0. The van der Waals surface area contributed by atoms with Crippen LogP contribution in [0.15, 0.2) is 48.5 Å². The fourth-order valence-corrected chi connectivity index (χ4v) is 4.44. The van der Waals surface area contributed by atoms with Crippen LogP contribution >= 0.6 is 35.8 Å². The van der Waals surface area contributed by atoms with Crippen molar-refractivity contribution in [2.75, 3.05) is 25.9 Å². The monoisotopic (exact) mass is 494 g/mol.